The number of aliphatic imine (C=N–C) groups is 1. The lowest BCUT2D eigenvalue weighted by atomic mass is 10.2. The van der Waals surface area contributed by atoms with Crippen LogP contribution < -0.4 is 5.32 Å². The number of nitrogens with zero attached hydrogens (tertiary/aromatic N) is 1. The Morgan fingerprint density at radius 1 is 1.42 bits per heavy atom. The zero-order valence-electron chi connectivity index (χ0n) is 7.59. The molecule has 1 aliphatic heterocycles. The topological polar surface area (TPSA) is 24.4 Å². The van der Waals surface area contributed by atoms with Gasteiger partial charge in [0.25, 0.3) is 0 Å². The molecular weight excluding hydrogens is 148 g/mol. The molecule has 0 aromatic heterocycles. The van der Waals surface area contributed by atoms with E-state index in [4.69, 9.17) is 0 Å². The molecule has 0 radical (unpaired) electrons. The summed E-state index contributed by atoms with van der Waals surface area (Å²) in [6.07, 6.45) is 6.07. The fourth-order valence-electron chi connectivity index (χ4n) is 0.940. The Morgan fingerprint density at radius 2 is 2.17 bits per heavy atom. The van der Waals surface area contributed by atoms with Crippen LogP contribution in [0.25, 0.3) is 0 Å². The highest BCUT2D eigenvalue weighted by Gasteiger charge is 1.93. The molecule has 0 saturated carbocycles. The van der Waals surface area contributed by atoms with Crippen LogP contribution in [0.15, 0.2) is 41.1 Å². The van der Waals surface area contributed by atoms with Gasteiger partial charge in [0.1, 0.15) is 0 Å². The summed E-state index contributed by atoms with van der Waals surface area (Å²) >= 11 is 0. The largest absolute Gasteiger partial charge is 0.345 e. The summed E-state index contributed by atoms with van der Waals surface area (Å²) in [6, 6.07) is 0. The molecule has 0 unspecified atom stereocenters. The summed E-state index contributed by atoms with van der Waals surface area (Å²) in [5.74, 6) is 0.913. The molecule has 1 N–H and O–H groups in total. The first kappa shape index (κ1) is 8.78. The van der Waals surface area contributed by atoms with Crippen LogP contribution in [0.1, 0.15) is 13.8 Å². The molecule has 0 aromatic carbocycles. The maximum atomic E-state index is 4.27. The molecule has 0 atom stereocenters. The number of hydrogen-bond acceptors (Lipinski definition) is 2. The fraction of sp³-hybridized carbons (Fsp3) is 0.300. The molecule has 0 aliphatic carbocycles. The predicted molar refractivity (Wildman–Crippen MR) is 53.1 cm³/mol. The molecule has 1 rings (SSSR count). The van der Waals surface area contributed by atoms with Gasteiger partial charge in [-0.1, -0.05) is 24.3 Å². The van der Waals surface area contributed by atoms with Crippen molar-refractivity contribution in [3.63, 3.8) is 0 Å². The van der Waals surface area contributed by atoms with Gasteiger partial charge in [-0.25, -0.2) is 0 Å². The monoisotopic (exact) mass is 162 g/mol. The lowest BCUT2D eigenvalue weighted by molar-refractivity contribution is 1.12. The SMILES string of the molecule is C=C1C=CC(C)=CCN=C(C)N1. The van der Waals surface area contributed by atoms with E-state index in [0.717, 1.165) is 18.1 Å². The smallest absolute Gasteiger partial charge is 0.0979 e. The van der Waals surface area contributed by atoms with Crippen LogP contribution in [0, 0.1) is 0 Å². The van der Waals surface area contributed by atoms with E-state index >= 15 is 0 Å². The van der Waals surface area contributed by atoms with Crippen molar-refractivity contribution >= 4 is 5.84 Å². The number of amidine groups is 1. The van der Waals surface area contributed by atoms with Gasteiger partial charge in [-0.3, -0.25) is 4.99 Å². The highest BCUT2D eigenvalue weighted by atomic mass is 15.0. The van der Waals surface area contributed by atoms with Crippen molar-refractivity contribution in [2.45, 2.75) is 13.8 Å². The van der Waals surface area contributed by atoms with Crippen molar-refractivity contribution < 1.29 is 0 Å². The molecule has 0 aromatic rings. The van der Waals surface area contributed by atoms with E-state index in [-0.39, 0.29) is 0 Å². The summed E-state index contributed by atoms with van der Waals surface area (Å²) in [5, 5.41) is 3.08. The van der Waals surface area contributed by atoms with Crippen LogP contribution in [0.2, 0.25) is 0 Å². The van der Waals surface area contributed by atoms with E-state index in [2.05, 4.69) is 29.9 Å². The van der Waals surface area contributed by atoms with Crippen molar-refractivity contribution in [3.8, 4) is 0 Å². The summed E-state index contributed by atoms with van der Waals surface area (Å²) in [6.45, 7) is 8.57. The molecule has 2 heteroatoms. The van der Waals surface area contributed by atoms with Gasteiger partial charge in [-0.05, 0) is 19.9 Å². The third-order valence-corrected chi connectivity index (χ3v) is 1.63. The van der Waals surface area contributed by atoms with Crippen molar-refractivity contribution in [3.05, 3.63) is 36.1 Å². The second-order valence-corrected chi connectivity index (χ2v) is 2.86. The van der Waals surface area contributed by atoms with E-state index in [0.29, 0.717) is 0 Å². The van der Waals surface area contributed by atoms with Gasteiger partial charge in [-0.2, -0.15) is 0 Å². The molecule has 1 heterocycles. The first-order valence-corrected chi connectivity index (χ1v) is 4.00. The average Bonchev–Trinajstić information content (AvgIpc) is 2.05. The number of nitrogens with one attached hydrogen (secondary N) is 1. The van der Waals surface area contributed by atoms with E-state index < -0.39 is 0 Å². The maximum absolute atomic E-state index is 4.27. The molecule has 0 saturated heterocycles. The van der Waals surface area contributed by atoms with Gasteiger partial charge < -0.3 is 5.32 Å². The average molecular weight is 162 g/mol. The molecular formula is C10H14N2. The Morgan fingerprint density at radius 3 is 2.92 bits per heavy atom. The van der Waals surface area contributed by atoms with Gasteiger partial charge in [0.05, 0.1) is 12.4 Å². The summed E-state index contributed by atoms with van der Waals surface area (Å²) in [5.41, 5.74) is 2.10. The Kier molecular flexibility index (Phi) is 2.86. The standard InChI is InChI=1S/C10H14N2/c1-8-4-5-9(2)12-10(3)11-7-6-8/h4-6H,2,7H2,1,3H3,(H,11,12). The zero-order valence-corrected chi connectivity index (χ0v) is 7.59. The number of allylic oxidation sites excluding steroid dienone is 3. The minimum atomic E-state index is 0.738. The quantitative estimate of drug-likeness (QED) is 0.579. The van der Waals surface area contributed by atoms with Gasteiger partial charge >= 0.3 is 0 Å². The Labute approximate surface area is 73.4 Å². The summed E-state index contributed by atoms with van der Waals surface area (Å²) in [4.78, 5) is 4.27. The van der Waals surface area contributed by atoms with Gasteiger partial charge in [0.2, 0.25) is 0 Å². The number of hydrogen-bond donors (Lipinski definition) is 1. The van der Waals surface area contributed by atoms with E-state index in [1.807, 2.05) is 19.1 Å². The molecule has 0 fully saturated rings. The number of rotatable bonds is 0. The summed E-state index contributed by atoms with van der Waals surface area (Å²) < 4.78 is 0. The lowest BCUT2D eigenvalue weighted by Gasteiger charge is -2.02. The normalized spacial score (nSPS) is 18.3. The van der Waals surface area contributed by atoms with E-state index in [1.165, 1.54) is 5.57 Å². The van der Waals surface area contributed by atoms with Crippen molar-refractivity contribution in [1.29, 1.82) is 0 Å². The van der Waals surface area contributed by atoms with Crippen molar-refractivity contribution in [1.82, 2.24) is 5.32 Å². The van der Waals surface area contributed by atoms with Gasteiger partial charge in [-0.15, -0.1) is 0 Å². The van der Waals surface area contributed by atoms with Crippen LogP contribution in [0.4, 0.5) is 0 Å². The molecule has 0 amide bonds. The first-order valence-electron chi connectivity index (χ1n) is 4.00. The van der Waals surface area contributed by atoms with Crippen LogP contribution >= 0.6 is 0 Å². The third-order valence-electron chi connectivity index (χ3n) is 1.63. The molecule has 12 heavy (non-hydrogen) atoms. The third kappa shape index (κ3) is 2.74. The molecule has 0 bridgehead atoms. The molecule has 2 nitrogen and oxygen atoms in total. The Hall–Kier alpha value is -1.31. The van der Waals surface area contributed by atoms with Crippen molar-refractivity contribution in [2.24, 2.45) is 4.99 Å². The van der Waals surface area contributed by atoms with E-state index in [1.54, 1.807) is 0 Å². The molecule has 0 spiro atoms. The predicted octanol–water partition coefficient (Wildman–Crippen LogP) is 2.02. The van der Waals surface area contributed by atoms with Gasteiger partial charge in [0.15, 0.2) is 0 Å². The van der Waals surface area contributed by atoms with Crippen molar-refractivity contribution in [2.75, 3.05) is 6.54 Å². The lowest BCUT2D eigenvalue weighted by Crippen LogP contribution is -2.17. The highest BCUT2D eigenvalue weighted by molar-refractivity contribution is 5.81. The van der Waals surface area contributed by atoms with Crippen LogP contribution in [-0.4, -0.2) is 12.4 Å². The first-order chi connectivity index (χ1) is 5.68. The van der Waals surface area contributed by atoms with Crippen LogP contribution in [-0.2, 0) is 0 Å². The van der Waals surface area contributed by atoms with Crippen LogP contribution in [0.3, 0.4) is 0 Å². The minimum Gasteiger partial charge on any atom is -0.345 e. The fourth-order valence-corrected chi connectivity index (χ4v) is 0.940. The van der Waals surface area contributed by atoms with E-state index in [9.17, 15) is 0 Å². The van der Waals surface area contributed by atoms with Crippen LogP contribution in [0.5, 0.6) is 0 Å². The minimum absolute atomic E-state index is 0.738. The zero-order chi connectivity index (χ0) is 8.97. The highest BCUT2D eigenvalue weighted by Crippen LogP contribution is 2.00. The maximum Gasteiger partial charge on any atom is 0.0979 e. The second kappa shape index (κ2) is 3.90. The molecule has 64 valence electrons. The summed E-state index contributed by atoms with van der Waals surface area (Å²) in [7, 11) is 0. The molecule has 1 aliphatic rings. The second-order valence-electron chi connectivity index (χ2n) is 2.86. The Bertz CT molecular complexity index is 270. The van der Waals surface area contributed by atoms with Gasteiger partial charge in [0, 0.05) is 5.70 Å². The Balaban J connectivity index is 2.83.